The second kappa shape index (κ2) is 6.92. The number of hydrogen-bond acceptors (Lipinski definition) is 2. The maximum atomic E-state index is 13.1. The zero-order valence-corrected chi connectivity index (χ0v) is 11.0. The topological polar surface area (TPSA) is 12.0 Å². The van der Waals surface area contributed by atoms with Crippen molar-refractivity contribution >= 4 is 11.8 Å². The minimum absolute atomic E-state index is 0.125. The maximum Gasteiger partial charge on any atom is 0.126 e. The molecular formula is C13H20FNS. The second-order valence-corrected chi connectivity index (χ2v) is 5.07. The first-order valence-electron chi connectivity index (χ1n) is 5.70. The molecule has 0 heterocycles. The molecule has 0 saturated carbocycles. The third kappa shape index (κ3) is 3.80. The smallest absolute Gasteiger partial charge is 0.126 e. The Hall–Kier alpha value is -0.540. The van der Waals surface area contributed by atoms with Gasteiger partial charge in [-0.3, -0.25) is 0 Å². The highest BCUT2D eigenvalue weighted by Crippen LogP contribution is 2.20. The van der Waals surface area contributed by atoms with Gasteiger partial charge in [0.1, 0.15) is 5.82 Å². The first kappa shape index (κ1) is 13.5. The summed E-state index contributed by atoms with van der Waals surface area (Å²) < 4.78 is 13.1. The fraction of sp³-hybridized carbons (Fsp3) is 0.538. The third-order valence-corrected chi connectivity index (χ3v) is 3.83. The molecule has 1 aromatic carbocycles. The fourth-order valence-corrected chi connectivity index (χ4v) is 2.63. The van der Waals surface area contributed by atoms with Crippen molar-refractivity contribution in [2.24, 2.45) is 0 Å². The van der Waals surface area contributed by atoms with Gasteiger partial charge in [-0.15, -0.1) is 0 Å². The molecule has 0 amide bonds. The van der Waals surface area contributed by atoms with Gasteiger partial charge in [0.25, 0.3) is 0 Å². The third-order valence-electron chi connectivity index (χ3n) is 2.57. The van der Waals surface area contributed by atoms with Crippen LogP contribution in [0.3, 0.4) is 0 Å². The summed E-state index contributed by atoms with van der Waals surface area (Å²) >= 11 is 1.93. The number of hydrogen-bond donors (Lipinski definition) is 1. The Bertz CT molecular complexity index is 328. The van der Waals surface area contributed by atoms with Crippen molar-refractivity contribution in [3.63, 3.8) is 0 Å². The van der Waals surface area contributed by atoms with Crippen LogP contribution in [0.4, 0.5) is 4.39 Å². The molecule has 0 aliphatic rings. The molecule has 0 radical (unpaired) electrons. The highest BCUT2D eigenvalue weighted by atomic mass is 32.2. The van der Waals surface area contributed by atoms with Gasteiger partial charge in [-0.2, -0.15) is 11.8 Å². The van der Waals surface area contributed by atoms with Crippen LogP contribution in [-0.2, 0) is 0 Å². The van der Waals surface area contributed by atoms with E-state index < -0.39 is 0 Å². The predicted molar refractivity (Wildman–Crippen MR) is 70.6 cm³/mol. The Morgan fingerprint density at radius 2 is 2.19 bits per heavy atom. The molecule has 1 unspecified atom stereocenters. The second-order valence-electron chi connectivity index (χ2n) is 3.92. The largest absolute Gasteiger partial charge is 0.312 e. The first-order chi connectivity index (χ1) is 7.69. The molecule has 1 rings (SSSR count). The van der Waals surface area contributed by atoms with Crippen LogP contribution >= 0.6 is 11.8 Å². The Balaban J connectivity index is 2.67. The molecule has 3 heteroatoms. The summed E-state index contributed by atoms with van der Waals surface area (Å²) in [6.45, 7) is 3.99. The first-order valence-corrected chi connectivity index (χ1v) is 6.85. The number of thioether (sulfide) groups is 1. The van der Waals surface area contributed by atoms with E-state index in [4.69, 9.17) is 0 Å². The summed E-state index contributed by atoms with van der Waals surface area (Å²) in [6, 6.07) is 5.68. The van der Waals surface area contributed by atoms with Gasteiger partial charge in [-0.05, 0) is 43.3 Å². The van der Waals surface area contributed by atoms with Gasteiger partial charge in [0, 0.05) is 11.8 Å². The van der Waals surface area contributed by atoms with Crippen LogP contribution in [-0.4, -0.2) is 18.6 Å². The standard InChI is InChI=1S/C13H20FNS/c1-4-7-16-9-13(15-3)11-5-6-12(14)10(2)8-11/h5-6,8,13,15H,4,7,9H2,1-3H3. The molecule has 1 nitrogen and oxygen atoms in total. The molecule has 0 aliphatic heterocycles. The van der Waals surface area contributed by atoms with Crippen LogP contribution in [0.1, 0.15) is 30.5 Å². The lowest BCUT2D eigenvalue weighted by Gasteiger charge is -2.16. The van der Waals surface area contributed by atoms with Gasteiger partial charge >= 0.3 is 0 Å². The van der Waals surface area contributed by atoms with Gasteiger partial charge in [-0.1, -0.05) is 19.1 Å². The van der Waals surface area contributed by atoms with Crippen LogP contribution < -0.4 is 5.32 Å². The quantitative estimate of drug-likeness (QED) is 0.765. The molecule has 90 valence electrons. The van der Waals surface area contributed by atoms with Crippen molar-refractivity contribution in [3.05, 3.63) is 35.1 Å². The lowest BCUT2D eigenvalue weighted by molar-refractivity contribution is 0.611. The zero-order valence-electron chi connectivity index (χ0n) is 10.2. The van der Waals surface area contributed by atoms with E-state index in [1.165, 1.54) is 17.7 Å². The van der Waals surface area contributed by atoms with Gasteiger partial charge in [0.15, 0.2) is 0 Å². The van der Waals surface area contributed by atoms with E-state index in [0.29, 0.717) is 6.04 Å². The van der Waals surface area contributed by atoms with Gasteiger partial charge in [0.2, 0.25) is 0 Å². The summed E-state index contributed by atoms with van der Waals surface area (Å²) in [7, 11) is 1.95. The van der Waals surface area contributed by atoms with E-state index in [-0.39, 0.29) is 5.82 Å². The minimum Gasteiger partial charge on any atom is -0.312 e. The number of aryl methyl sites for hydroxylation is 1. The van der Waals surface area contributed by atoms with Crippen LogP contribution in [0.25, 0.3) is 0 Å². The van der Waals surface area contributed by atoms with Crippen LogP contribution in [0.5, 0.6) is 0 Å². The number of nitrogens with one attached hydrogen (secondary N) is 1. The van der Waals surface area contributed by atoms with Crippen molar-refractivity contribution in [2.75, 3.05) is 18.6 Å². The van der Waals surface area contributed by atoms with E-state index >= 15 is 0 Å². The van der Waals surface area contributed by atoms with E-state index in [2.05, 4.69) is 12.2 Å². The molecular weight excluding hydrogens is 221 g/mol. The predicted octanol–water partition coefficient (Wildman–Crippen LogP) is 3.54. The fourth-order valence-electron chi connectivity index (χ4n) is 1.58. The average Bonchev–Trinajstić information content (AvgIpc) is 2.29. The summed E-state index contributed by atoms with van der Waals surface area (Å²) in [5.41, 5.74) is 1.89. The SMILES string of the molecule is CCCSCC(NC)c1ccc(F)c(C)c1. The van der Waals surface area contributed by atoms with Crippen molar-refractivity contribution < 1.29 is 4.39 Å². The highest BCUT2D eigenvalue weighted by Gasteiger charge is 2.10. The number of halogens is 1. The number of rotatable bonds is 6. The lowest BCUT2D eigenvalue weighted by Crippen LogP contribution is -2.19. The summed E-state index contributed by atoms with van der Waals surface area (Å²) in [5, 5.41) is 3.28. The Morgan fingerprint density at radius 3 is 2.75 bits per heavy atom. The molecule has 1 atom stereocenters. The molecule has 0 spiro atoms. The summed E-state index contributed by atoms with van der Waals surface area (Å²) in [4.78, 5) is 0. The molecule has 1 N–H and O–H groups in total. The number of benzene rings is 1. The van der Waals surface area contributed by atoms with Crippen molar-refractivity contribution in [3.8, 4) is 0 Å². The van der Waals surface area contributed by atoms with Gasteiger partial charge < -0.3 is 5.32 Å². The van der Waals surface area contributed by atoms with Gasteiger partial charge in [-0.25, -0.2) is 4.39 Å². The monoisotopic (exact) mass is 241 g/mol. The molecule has 0 aromatic heterocycles. The normalized spacial score (nSPS) is 12.8. The van der Waals surface area contributed by atoms with Crippen molar-refractivity contribution in [1.82, 2.24) is 5.32 Å². The molecule has 0 bridgehead atoms. The maximum absolute atomic E-state index is 13.1. The lowest BCUT2D eigenvalue weighted by atomic mass is 10.1. The summed E-state index contributed by atoms with van der Waals surface area (Å²) in [6.07, 6.45) is 1.20. The van der Waals surface area contributed by atoms with Gasteiger partial charge in [0.05, 0.1) is 0 Å². The van der Waals surface area contributed by atoms with E-state index in [0.717, 1.165) is 11.3 Å². The van der Waals surface area contributed by atoms with E-state index in [1.807, 2.05) is 37.9 Å². The van der Waals surface area contributed by atoms with E-state index in [1.54, 1.807) is 6.07 Å². The molecule has 0 fully saturated rings. The van der Waals surface area contributed by atoms with Crippen LogP contribution in [0.2, 0.25) is 0 Å². The molecule has 16 heavy (non-hydrogen) atoms. The molecule has 0 aliphatic carbocycles. The summed E-state index contributed by atoms with van der Waals surface area (Å²) in [5.74, 6) is 2.09. The minimum atomic E-state index is -0.125. The van der Waals surface area contributed by atoms with Crippen molar-refractivity contribution in [1.29, 1.82) is 0 Å². The Labute approximate surface area is 102 Å². The zero-order chi connectivity index (χ0) is 12.0. The molecule has 1 aromatic rings. The van der Waals surface area contributed by atoms with Crippen LogP contribution in [0, 0.1) is 12.7 Å². The Kier molecular flexibility index (Phi) is 5.85. The average molecular weight is 241 g/mol. The molecule has 0 saturated heterocycles. The highest BCUT2D eigenvalue weighted by molar-refractivity contribution is 7.99. The Morgan fingerprint density at radius 1 is 1.44 bits per heavy atom. The van der Waals surface area contributed by atoms with Crippen LogP contribution in [0.15, 0.2) is 18.2 Å². The van der Waals surface area contributed by atoms with E-state index in [9.17, 15) is 4.39 Å². The van der Waals surface area contributed by atoms with Crippen molar-refractivity contribution in [2.45, 2.75) is 26.3 Å².